The molecular formula is C17H20N2O. The molecule has 2 rings (SSSR count). The van der Waals surface area contributed by atoms with Crippen molar-refractivity contribution in [2.75, 3.05) is 11.1 Å². The first kappa shape index (κ1) is 14.1. The van der Waals surface area contributed by atoms with Crippen molar-refractivity contribution < 1.29 is 4.79 Å². The van der Waals surface area contributed by atoms with Gasteiger partial charge >= 0.3 is 0 Å². The van der Waals surface area contributed by atoms with Crippen LogP contribution in [0.15, 0.2) is 48.5 Å². The zero-order valence-corrected chi connectivity index (χ0v) is 12.1. The number of rotatable bonds is 3. The summed E-state index contributed by atoms with van der Waals surface area (Å²) in [5.41, 5.74) is 8.58. The number of hydrogen-bond acceptors (Lipinski definition) is 2. The summed E-state index contributed by atoms with van der Waals surface area (Å²) in [5, 5.41) is 2.98. The number of nitrogen functional groups attached to an aromatic ring is 1. The Hall–Kier alpha value is -2.29. The number of amides is 1. The van der Waals surface area contributed by atoms with E-state index in [-0.39, 0.29) is 5.91 Å². The highest BCUT2D eigenvalue weighted by Gasteiger charge is 2.29. The van der Waals surface area contributed by atoms with Crippen molar-refractivity contribution >= 4 is 17.3 Å². The summed E-state index contributed by atoms with van der Waals surface area (Å²) < 4.78 is 0. The molecule has 20 heavy (non-hydrogen) atoms. The SMILES string of the molecule is Cc1cc(N)ccc1NC(=O)C(C)(C)c1ccccc1. The first-order valence-corrected chi connectivity index (χ1v) is 6.64. The number of anilines is 2. The second-order valence-electron chi connectivity index (χ2n) is 5.52. The lowest BCUT2D eigenvalue weighted by Gasteiger charge is -2.24. The number of nitrogens with two attached hydrogens (primary N) is 1. The van der Waals surface area contributed by atoms with E-state index in [2.05, 4.69) is 5.32 Å². The molecule has 0 bridgehead atoms. The largest absolute Gasteiger partial charge is 0.399 e. The third-order valence-electron chi connectivity index (χ3n) is 3.56. The first-order valence-electron chi connectivity index (χ1n) is 6.64. The van der Waals surface area contributed by atoms with Gasteiger partial charge in [0.2, 0.25) is 5.91 Å². The summed E-state index contributed by atoms with van der Waals surface area (Å²) in [7, 11) is 0. The highest BCUT2D eigenvalue weighted by molar-refractivity contribution is 5.99. The average Bonchev–Trinajstić information content (AvgIpc) is 2.42. The fraction of sp³-hybridized carbons (Fsp3) is 0.235. The second kappa shape index (κ2) is 5.37. The maximum atomic E-state index is 12.5. The normalized spacial score (nSPS) is 11.2. The topological polar surface area (TPSA) is 55.1 Å². The van der Waals surface area contributed by atoms with E-state index in [4.69, 9.17) is 5.73 Å². The number of aryl methyl sites for hydroxylation is 1. The fourth-order valence-corrected chi connectivity index (χ4v) is 2.09. The van der Waals surface area contributed by atoms with Crippen LogP contribution in [0, 0.1) is 6.92 Å². The van der Waals surface area contributed by atoms with Gasteiger partial charge in [0.05, 0.1) is 5.41 Å². The molecule has 2 aromatic rings. The van der Waals surface area contributed by atoms with E-state index in [1.807, 2.05) is 63.2 Å². The molecule has 0 aliphatic carbocycles. The molecule has 0 atom stereocenters. The Kier molecular flexibility index (Phi) is 3.79. The van der Waals surface area contributed by atoms with Crippen molar-refractivity contribution in [1.29, 1.82) is 0 Å². The molecule has 0 saturated heterocycles. The van der Waals surface area contributed by atoms with Crippen molar-refractivity contribution in [2.24, 2.45) is 0 Å². The second-order valence-corrected chi connectivity index (χ2v) is 5.52. The van der Waals surface area contributed by atoms with Gasteiger partial charge in [-0.3, -0.25) is 4.79 Å². The Bertz CT molecular complexity index is 618. The molecule has 0 unspecified atom stereocenters. The number of hydrogen-bond donors (Lipinski definition) is 2. The molecule has 1 amide bonds. The minimum Gasteiger partial charge on any atom is -0.399 e. The van der Waals surface area contributed by atoms with Gasteiger partial charge in [-0.1, -0.05) is 30.3 Å². The molecule has 3 N–H and O–H groups in total. The molecular weight excluding hydrogens is 248 g/mol. The van der Waals surface area contributed by atoms with E-state index in [1.165, 1.54) is 0 Å². The Morgan fingerprint density at radius 3 is 2.35 bits per heavy atom. The van der Waals surface area contributed by atoms with Gasteiger partial charge in [0, 0.05) is 11.4 Å². The molecule has 2 aromatic carbocycles. The minimum absolute atomic E-state index is 0.0310. The van der Waals surface area contributed by atoms with Crippen LogP contribution in [0.1, 0.15) is 25.0 Å². The minimum atomic E-state index is -0.588. The Balaban J connectivity index is 2.23. The predicted octanol–water partition coefficient (Wildman–Crippen LogP) is 3.49. The molecule has 0 aromatic heterocycles. The van der Waals surface area contributed by atoms with Crippen molar-refractivity contribution in [3.8, 4) is 0 Å². The van der Waals surface area contributed by atoms with Crippen LogP contribution in [0.5, 0.6) is 0 Å². The van der Waals surface area contributed by atoms with Crippen molar-refractivity contribution in [3.63, 3.8) is 0 Å². The summed E-state index contributed by atoms with van der Waals surface area (Å²) >= 11 is 0. The summed E-state index contributed by atoms with van der Waals surface area (Å²) in [4.78, 5) is 12.5. The maximum absolute atomic E-state index is 12.5. The molecule has 0 spiro atoms. The third kappa shape index (κ3) is 2.82. The van der Waals surface area contributed by atoms with Crippen LogP contribution < -0.4 is 11.1 Å². The van der Waals surface area contributed by atoms with E-state index < -0.39 is 5.41 Å². The van der Waals surface area contributed by atoms with Gasteiger partial charge in [0.1, 0.15) is 0 Å². The molecule has 0 fully saturated rings. The van der Waals surface area contributed by atoms with Crippen LogP contribution in [0.3, 0.4) is 0 Å². The predicted molar refractivity (Wildman–Crippen MR) is 83.7 cm³/mol. The molecule has 0 radical (unpaired) electrons. The van der Waals surface area contributed by atoms with E-state index in [0.29, 0.717) is 5.69 Å². The van der Waals surface area contributed by atoms with Crippen molar-refractivity contribution in [1.82, 2.24) is 0 Å². The molecule has 104 valence electrons. The average molecular weight is 268 g/mol. The van der Waals surface area contributed by atoms with Gasteiger partial charge in [-0.2, -0.15) is 0 Å². The molecule has 0 aliphatic heterocycles. The van der Waals surface area contributed by atoms with E-state index in [9.17, 15) is 4.79 Å². The molecule has 3 heteroatoms. The third-order valence-corrected chi connectivity index (χ3v) is 3.56. The monoisotopic (exact) mass is 268 g/mol. The number of nitrogens with one attached hydrogen (secondary N) is 1. The summed E-state index contributed by atoms with van der Waals surface area (Å²) in [6.07, 6.45) is 0. The van der Waals surface area contributed by atoms with E-state index >= 15 is 0 Å². The lowest BCUT2D eigenvalue weighted by atomic mass is 9.83. The Morgan fingerprint density at radius 1 is 1.10 bits per heavy atom. The van der Waals surface area contributed by atoms with Crippen LogP contribution in [0.4, 0.5) is 11.4 Å². The lowest BCUT2D eigenvalue weighted by molar-refractivity contribution is -0.120. The summed E-state index contributed by atoms with van der Waals surface area (Å²) in [5.74, 6) is -0.0310. The maximum Gasteiger partial charge on any atom is 0.234 e. The van der Waals surface area contributed by atoms with Gasteiger partial charge in [-0.15, -0.1) is 0 Å². The first-order chi connectivity index (χ1) is 9.41. The molecule has 0 aliphatic rings. The van der Waals surface area contributed by atoms with Gasteiger partial charge in [0.15, 0.2) is 0 Å². The van der Waals surface area contributed by atoms with Crippen LogP contribution in [0.2, 0.25) is 0 Å². The van der Waals surface area contributed by atoms with Crippen LogP contribution in [-0.2, 0) is 10.2 Å². The van der Waals surface area contributed by atoms with Gasteiger partial charge in [0.25, 0.3) is 0 Å². The zero-order valence-electron chi connectivity index (χ0n) is 12.1. The zero-order chi connectivity index (χ0) is 14.8. The summed E-state index contributed by atoms with van der Waals surface area (Å²) in [6.45, 7) is 5.77. The summed E-state index contributed by atoms with van der Waals surface area (Å²) in [6, 6.07) is 15.2. The number of carbonyl (C=O) groups is 1. The highest BCUT2D eigenvalue weighted by Crippen LogP contribution is 2.26. The van der Waals surface area contributed by atoms with Crippen LogP contribution >= 0.6 is 0 Å². The molecule has 3 nitrogen and oxygen atoms in total. The van der Waals surface area contributed by atoms with Crippen LogP contribution in [0.25, 0.3) is 0 Å². The van der Waals surface area contributed by atoms with Crippen molar-refractivity contribution in [2.45, 2.75) is 26.2 Å². The van der Waals surface area contributed by atoms with E-state index in [0.717, 1.165) is 16.8 Å². The van der Waals surface area contributed by atoms with E-state index in [1.54, 1.807) is 6.07 Å². The number of benzene rings is 2. The quantitative estimate of drug-likeness (QED) is 0.837. The van der Waals surface area contributed by atoms with Crippen molar-refractivity contribution in [3.05, 3.63) is 59.7 Å². The van der Waals surface area contributed by atoms with Gasteiger partial charge in [-0.05, 0) is 50.1 Å². The van der Waals surface area contributed by atoms with Gasteiger partial charge in [-0.25, -0.2) is 0 Å². The fourth-order valence-electron chi connectivity index (χ4n) is 2.09. The van der Waals surface area contributed by atoms with Gasteiger partial charge < -0.3 is 11.1 Å². The Labute approximate surface area is 119 Å². The highest BCUT2D eigenvalue weighted by atomic mass is 16.2. The smallest absolute Gasteiger partial charge is 0.234 e. The lowest BCUT2D eigenvalue weighted by Crippen LogP contribution is -2.34. The Morgan fingerprint density at radius 2 is 1.75 bits per heavy atom. The number of carbonyl (C=O) groups excluding carboxylic acids is 1. The molecule has 0 heterocycles. The molecule has 0 saturated carbocycles. The standard InChI is InChI=1S/C17H20N2O/c1-12-11-14(18)9-10-15(12)19-16(20)17(2,3)13-7-5-4-6-8-13/h4-11H,18H2,1-3H3,(H,19,20). The van der Waals surface area contributed by atoms with Crippen LogP contribution in [-0.4, -0.2) is 5.91 Å².